The lowest BCUT2D eigenvalue weighted by atomic mass is 9.73. The highest BCUT2D eigenvalue weighted by molar-refractivity contribution is 5.97. The molecule has 0 aliphatic carbocycles. The van der Waals surface area contributed by atoms with Gasteiger partial charge in [-0.3, -0.25) is 9.59 Å². The van der Waals surface area contributed by atoms with Crippen molar-refractivity contribution in [3.05, 3.63) is 71.5 Å². The number of carbonyl (C=O) groups excluding carboxylic acids is 1. The van der Waals surface area contributed by atoms with Crippen molar-refractivity contribution in [2.75, 3.05) is 13.1 Å². The molecule has 0 unspecified atom stereocenters. The first-order valence-corrected chi connectivity index (χ1v) is 9.09. The Morgan fingerprint density at radius 1 is 1.04 bits per heavy atom. The minimum Gasteiger partial charge on any atom is -0.481 e. The number of aryl methyl sites for hydroxylation is 1. The summed E-state index contributed by atoms with van der Waals surface area (Å²) >= 11 is 0. The van der Waals surface area contributed by atoms with E-state index in [0.29, 0.717) is 31.7 Å². The van der Waals surface area contributed by atoms with Crippen molar-refractivity contribution >= 4 is 22.8 Å². The molecule has 0 atom stereocenters. The van der Waals surface area contributed by atoms with E-state index in [4.69, 9.17) is 4.42 Å². The van der Waals surface area contributed by atoms with Crippen LogP contribution in [0.15, 0.2) is 59.0 Å². The number of nitrogens with zero attached hydrogens (tertiary/aromatic N) is 1. The van der Waals surface area contributed by atoms with E-state index >= 15 is 0 Å². The maximum atomic E-state index is 12.9. The van der Waals surface area contributed by atoms with E-state index in [0.717, 1.165) is 22.1 Å². The molecule has 5 nitrogen and oxygen atoms in total. The number of carbonyl (C=O) groups is 2. The van der Waals surface area contributed by atoms with Gasteiger partial charge in [0, 0.05) is 18.5 Å². The third kappa shape index (κ3) is 2.89. The van der Waals surface area contributed by atoms with Crippen LogP contribution in [-0.4, -0.2) is 35.0 Å². The number of aliphatic carboxylic acids is 1. The molecule has 1 aliphatic heterocycles. The summed E-state index contributed by atoms with van der Waals surface area (Å²) in [6, 6.07) is 16.9. The second-order valence-electron chi connectivity index (χ2n) is 7.15. The Labute approximate surface area is 157 Å². The molecule has 2 heterocycles. The number of carboxylic acids is 1. The number of fused-ring (bicyclic) bond motifs is 1. The van der Waals surface area contributed by atoms with Crippen LogP contribution < -0.4 is 0 Å². The summed E-state index contributed by atoms with van der Waals surface area (Å²) in [5.41, 5.74) is 1.56. The molecule has 5 heteroatoms. The Morgan fingerprint density at radius 3 is 2.37 bits per heavy atom. The highest BCUT2D eigenvalue weighted by Crippen LogP contribution is 2.36. The quantitative estimate of drug-likeness (QED) is 0.763. The number of rotatable bonds is 3. The molecule has 1 N–H and O–H groups in total. The summed E-state index contributed by atoms with van der Waals surface area (Å²) in [5, 5.41) is 10.8. The average Bonchev–Trinajstić information content (AvgIpc) is 3.14. The second kappa shape index (κ2) is 6.58. The molecule has 0 saturated carbocycles. The summed E-state index contributed by atoms with van der Waals surface area (Å²) in [6.07, 6.45) is 0.773. The Morgan fingerprint density at radius 2 is 1.74 bits per heavy atom. The highest BCUT2D eigenvalue weighted by Gasteiger charge is 2.44. The molecule has 1 amide bonds. The number of benzene rings is 2. The number of carboxylic acid groups (broad SMARTS) is 1. The number of hydrogen-bond acceptors (Lipinski definition) is 3. The van der Waals surface area contributed by atoms with Gasteiger partial charge >= 0.3 is 5.97 Å². The van der Waals surface area contributed by atoms with Crippen molar-refractivity contribution in [3.63, 3.8) is 0 Å². The fourth-order valence-electron chi connectivity index (χ4n) is 3.94. The van der Waals surface area contributed by atoms with Crippen LogP contribution in [0.4, 0.5) is 0 Å². The largest absolute Gasteiger partial charge is 0.481 e. The van der Waals surface area contributed by atoms with Crippen molar-refractivity contribution in [1.82, 2.24) is 4.90 Å². The SMILES string of the molecule is Cc1cccc2cc(C(=O)N3CCC(C(=O)O)(c4ccccc4)CC3)oc12. The van der Waals surface area contributed by atoms with Crippen molar-refractivity contribution < 1.29 is 19.1 Å². The zero-order chi connectivity index (χ0) is 19.0. The lowest BCUT2D eigenvalue weighted by Crippen LogP contribution is -2.49. The van der Waals surface area contributed by atoms with Gasteiger partial charge in [0.15, 0.2) is 5.76 Å². The predicted molar refractivity (Wildman–Crippen MR) is 102 cm³/mol. The molecule has 1 aromatic heterocycles. The van der Waals surface area contributed by atoms with Gasteiger partial charge in [0.25, 0.3) is 5.91 Å². The van der Waals surface area contributed by atoms with E-state index in [1.165, 1.54) is 0 Å². The topological polar surface area (TPSA) is 70.8 Å². The van der Waals surface area contributed by atoms with Gasteiger partial charge in [-0.25, -0.2) is 0 Å². The standard InChI is InChI=1S/C22H21NO4/c1-15-6-5-7-16-14-18(27-19(15)16)20(24)23-12-10-22(11-13-23,21(25)26)17-8-3-2-4-9-17/h2-9,14H,10-13H2,1H3,(H,25,26). The van der Waals surface area contributed by atoms with Gasteiger partial charge in [-0.05, 0) is 37.0 Å². The van der Waals surface area contributed by atoms with Crippen LogP contribution in [0.3, 0.4) is 0 Å². The zero-order valence-electron chi connectivity index (χ0n) is 15.1. The monoisotopic (exact) mass is 363 g/mol. The van der Waals surface area contributed by atoms with Gasteiger partial charge in [0.2, 0.25) is 0 Å². The molecule has 138 valence electrons. The third-order valence-corrected chi connectivity index (χ3v) is 5.59. The Kier molecular flexibility index (Phi) is 4.22. The molecule has 1 fully saturated rings. The van der Waals surface area contributed by atoms with Gasteiger partial charge in [0.1, 0.15) is 5.58 Å². The molecular weight excluding hydrogens is 342 g/mol. The van der Waals surface area contributed by atoms with Crippen molar-refractivity contribution in [3.8, 4) is 0 Å². The predicted octanol–water partition coefficient (Wildman–Crippen LogP) is 4.00. The zero-order valence-corrected chi connectivity index (χ0v) is 15.1. The first-order chi connectivity index (χ1) is 13.0. The summed E-state index contributed by atoms with van der Waals surface area (Å²) in [5.74, 6) is -0.709. The number of furan rings is 1. The molecule has 0 bridgehead atoms. The van der Waals surface area contributed by atoms with Gasteiger partial charge in [-0.2, -0.15) is 0 Å². The lowest BCUT2D eigenvalue weighted by Gasteiger charge is -2.38. The number of hydrogen-bond donors (Lipinski definition) is 1. The number of amides is 1. The van der Waals surface area contributed by atoms with Gasteiger partial charge < -0.3 is 14.4 Å². The van der Waals surface area contributed by atoms with Crippen LogP contribution in [0.5, 0.6) is 0 Å². The number of piperidine rings is 1. The van der Waals surface area contributed by atoms with Gasteiger partial charge in [-0.15, -0.1) is 0 Å². The summed E-state index contributed by atoms with van der Waals surface area (Å²) in [4.78, 5) is 26.6. The fourth-order valence-corrected chi connectivity index (χ4v) is 3.94. The van der Waals surface area contributed by atoms with Crippen LogP contribution in [0.2, 0.25) is 0 Å². The lowest BCUT2D eigenvalue weighted by molar-refractivity contribution is -0.145. The van der Waals surface area contributed by atoms with Crippen LogP contribution in [0, 0.1) is 6.92 Å². The summed E-state index contributed by atoms with van der Waals surface area (Å²) in [7, 11) is 0. The van der Waals surface area contributed by atoms with Crippen molar-refractivity contribution in [1.29, 1.82) is 0 Å². The fraction of sp³-hybridized carbons (Fsp3) is 0.273. The summed E-state index contributed by atoms with van der Waals surface area (Å²) < 4.78 is 5.79. The Bertz CT molecular complexity index is 998. The van der Waals surface area contributed by atoms with E-state index < -0.39 is 11.4 Å². The first kappa shape index (κ1) is 17.3. The third-order valence-electron chi connectivity index (χ3n) is 5.59. The molecule has 3 aromatic rings. The molecule has 1 saturated heterocycles. The number of likely N-dealkylation sites (tertiary alicyclic amines) is 1. The van der Waals surface area contributed by atoms with Crippen LogP contribution in [0.1, 0.15) is 34.5 Å². The van der Waals surface area contributed by atoms with E-state index in [1.54, 1.807) is 11.0 Å². The van der Waals surface area contributed by atoms with Crippen LogP contribution >= 0.6 is 0 Å². The molecule has 1 aliphatic rings. The van der Waals surface area contributed by atoms with Crippen LogP contribution in [0.25, 0.3) is 11.0 Å². The van der Waals surface area contributed by atoms with E-state index in [1.807, 2.05) is 55.5 Å². The molecule has 0 radical (unpaired) electrons. The van der Waals surface area contributed by atoms with E-state index in [2.05, 4.69) is 0 Å². The van der Waals surface area contributed by atoms with Crippen molar-refractivity contribution in [2.45, 2.75) is 25.2 Å². The second-order valence-corrected chi connectivity index (χ2v) is 7.15. The van der Waals surface area contributed by atoms with E-state index in [-0.39, 0.29) is 5.91 Å². The normalized spacial score (nSPS) is 16.4. The maximum absolute atomic E-state index is 12.9. The Hall–Kier alpha value is -3.08. The van der Waals surface area contributed by atoms with Crippen molar-refractivity contribution in [2.24, 2.45) is 0 Å². The first-order valence-electron chi connectivity index (χ1n) is 9.09. The minimum atomic E-state index is -0.942. The molecule has 27 heavy (non-hydrogen) atoms. The van der Waals surface area contributed by atoms with Gasteiger partial charge in [-0.1, -0.05) is 48.5 Å². The number of para-hydroxylation sites is 1. The average molecular weight is 363 g/mol. The van der Waals surface area contributed by atoms with Gasteiger partial charge in [0.05, 0.1) is 5.41 Å². The minimum absolute atomic E-state index is 0.183. The highest BCUT2D eigenvalue weighted by atomic mass is 16.4. The molecule has 0 spiro atoms. The Balaban J connectivity index is 1.56. The van der Waals surface area contributed by atoms with E-state index in [9.17, 15) is 14.7 Å². The maximum Gasteiger partial charge on any atom is 0.314 e. The smallest absolute Gasteiger partial charge is 0.314 e. The van der Waals surface area contributed by atoms with Crippen LogP contribution in [-0.2, 0) is 10.2 Å². The molecular formula is C22H21NO4. The molecule has 2 aromatic carbocycles. The summed E-state index contributed by atoms with van der Waals surface area (Å²) in [6.45, 7) is 2.72. The molecule has 4 rings (SSSR count).